The van der Waals surface area contributed by atoms with E-state index in [1.807, 2.05) is 32.6 Å². The summed E-state index contributed by atoms with van der Waals surface area (Å²) < 4.78 is 5.60. The minimum Gasteiger partial charge on any atom is -0.563 e. The molecule has 1 aromatic carbocycles. The SMILES string of the molecule is Cc1ccc(O[B]CCN2CCCCC2)cc1Cl. The van der Waals surface area contributed by atoms with Gasteiger partial charge in [-0.3, -0.25) is 0 Å². The molecule has 0 aliphatic carbocycles. The number of hydrogen-bond donors (Lipinski definition) is 0. The normalized spacial score (nSPS) is 16.6. The Morgan fingerprint density at radius 1 is 1.28 bits per heavy atom. The number of rotatable bonds is 5. The first-order valence-corrected chi connectivity index (χ1v) is 7.10. The molecule has 2 rings (SSSR count). The average molecular weight is 265 g/mol. The van der Waals surface area contributed by atoms with Crippen molar-refractivity contribution in [1.82, 2.24) is 4.90 Å². The molecule has 0 bridgehead atoms. The van der Waals surface area contributed by atoms with E-state index >= 15 is 0 Å². The molecule has 2 nitrogen and oxygen atoms in total. The summed E-state index contributed by atoms with van der Waals surface area (Å²) in [4.78, 5) is 2.51. The van der Waals surface area contributed by atoms with Gasteiger partial charge in [0, 0.05) is 5.02 Å². The molecule has 1 aromatic rings. The van der Waals surface area contributed by atoms with E-state index in [-0.39, 0.29) is 0 Å². The highest BCUT2D eigenvalue weighted by molar-refractivity contribution is 6.31. The van der Waals surface area contributed by atoms with E-state index in [4.69, 9.17) is 16.3 Å². The first-order chi connectivity index (χ1) is 8.75. The van der Waals surface area contributed by atoms with Crippen LogP contribution < -0.4 is 4.65 Å². The summed E-state index contributed by atoms with van der Waals surface area (Å²) in [6.45, 7) is 5.57. The zero-order chi connectivity index (χ0) is 12.8. The Labute approximate surface area is 116 Å². The Hall–Kier alpha value is -0.665. The van der Waals surface area contributed by atoms with E-state index in [0.29, 0.717) is 0 Å². The predicted molar refractivity (Wildman–Crippen MR) is 77.7 cm³/mol. The van der Waals surface area contributed by atoms with E-state index < -0.39 is 0 Å². The molecule has 0 saturated carbocycles. The number of hydrogen-bond acceptors (Lipinski definition) is 2. The van der Waals surface area contributed by atoms with Gasteiger partial charge in [-0.25, -0.2) is 0 Å². The molecule has 1 aliphatic heterocycles. The van der Waals surface area contributed by atoms with E-state index in [2.05, 4.69) is 4.90 Å². The number of aryl methyl sites for hydroxylation is 1. The minimum atomic E-state index is 0.761. The summed E-state index contributed by atoms with van der Waals surface area (Å²) in [7, 11) is 1.88. The maximum atomic E-state index is 6.05. The van der Waals surface area contributed by atoms with Gasteiger partial charge in [0.15, 0.2) is 0 Å². The van der Waals surface area contributed by atoms with E-state index in [1.165, 1.54) is 32.4 Å². The van der Waals surface area contributed by atoms with Gasteiger partial charge in [-0.1, -0.05) is 24.1 Å². The van der Waals surface area contributed by atoms with Crippen molar-refractivity contribution < 1.29 is 4.65 Å². The Balaban J connectivity index is 1.66. The number of piperidine rings is 1. The molecule has 1 saturated heterocycles. The Kier molecular flexibility index (Phi) is 5.39. The highest BCUT2D eigenvalue weighted by atomic mass is 35.5. The van der Waals surface area contributed by atoms with Crippen molar-refractivity contribution in [2.45, 2.75) is 32.5 Å². The van der Waals surface area contributed by atoms with Crippen LogP contribution in [0.4, 0.5) is 0 Å². The van der Waals surface area contributed by atoms with Crippen LogP contribution in [-0.4, -0.2) is 32.0 Å². The van der Waals surface area contributed by atoms with Crippen molar-refractivity contribution in [3.05, 3.63) is 28.8 Å². The molecule has 1 aliphatic rings. The largest absolute Gasteiger partial charge is 0.563 e. The van der Waals surface area contributed by atoms with E-state index in [9.17, 15) is 0 Å². The van der Waals surface area contributed by atoms with Crippen LogP contribution >= 0.6 is 11.6 Å². The predicted octanol–water partition coefficient (Wildman–Crippen LogP) is 3.55. The van der Waals surface area contributed by atoms with Crippen LogP contribution in [-0.2, 0) is 0 Å². The summed E-state index contributed by atoms with van der Waals surface area (Å²) in [5, 5.41) is 0.761. The summed E-state index contributed by atoms with van der Waals surface area (Å²) in [5.41, 5.74) is 1.08. The topological polar surface area (TPSA) is 12.5 Å². The third-order valence-electron chi connectivity index (χ3n) is 3.37. The molecule has 0 spiro atoms. The first-order valence-electron chi connectivity index (χ1n) is 6.72. The summed E-state index contributed by atoms with van der Waals surface area (Å²) in [5.74, 6) is 0.823. The lowest BCUT2D eigenvalue weighted by Crippen LogP contribution is -2.31. The monoisotopic (exact) mass is 264 g/mol. The highest BCUT2D eigenvalue weighted by Gasteiger charge is 2.10. The van der Waals surface area contributed by atoms with Crippen LogP contribution in [0.15, 0.2) is 18.2 Å². The number of benzene rings is 1. The van der Waals surface area contributed by atoms with Gasteiger partial charge in [0.1, 0.15) is 0 Å². The van der Waals surface area contributed by atoms with Gasteiger partial charge in [0.25, 0.3) is 0 Å². The van der Waals surface area contributed by atoms with Gasteiger partial charge in [0.2, 0.25) is 0 Å². The van der Waals surface area contributed by atoms with Crippen LogP contribution in [0.2, 0.25) is 11.3 Å². The fourth-order valence-electron chi connectivity index (χ4n) is 2.22. The van der Waals surface area contributed by atoms with Crippen LogP contribution in [0, 0.1) is 6.92 Å². The summed E-state index contributed by atoms with van der Waals surface area (Å²) >= 11 is 6.05. The molecule has 1 fully saturated rings. The van der Waals surface area contributed by atoms with Crippen molar-refractivity contribution >= 4 is 19.1 Å². The van der Waals surface area contributed by atoms with Gasteiger partial charge in [-0.05, 0) is 63.4 Å². The molecule has 1 heterocycles. The number of likely N-dealkylation sites (tertiary alicyclic amines) is 1. The fourth-order valence-corrected chi connectivity index (χ4v) is 2.39. The molecular weight excluding hydrogens is 244 g/mol. The zero-order valence-corrected chi connectivity index (χ0v) is 11.7. The van der Waals surface area contributed by atoms with Crippen molar-refractivity contribution in [2.24, 2.45) is 0 Å². The van der Waals surface area contributed by atoms with Crippen molar-refractivity contribution in [2.75, 3.05) is 19.6 Å². The van der Waals surface area contributed by atoms with Gasteiger partial charge < -0.3 is 9.55 Å². The molecule has 0 N–H and O–H groups in total. The van der Waals surface area contributed by atoms with Gasteiger partial charge >= 0.3 is 7.48 Å². The maximum absolute atomic E-state index is 6.05. The smallest absolute Gasteiger partial charge is 0.371 e. The lowest BCUT2D eigenvalue weighted by Gasteiger charge is -2.25. The molecule has 0 amide bonds. The van der Waals surface area contributed by atoms with Crippen LogP contribution in [0.25, 0.3) is 0 Å². The molecule has 0 aromatic heterocycles. The van der Waals surface area contributed by atoms with E-state index in [1.54, 1.807) is 0 Å². The Bertz CT molecular complexity index is 380. The molecule has 97 valence electrons. The molecule has 1 radical (unpaired) electrons. The van der Waals surface area contributed by atoms with Gasteiger partial charge in [-0.15, -0.1) is 0 Å². The molecule has 18 heavy (non-hydrogen) atoms. The van der Waals surface area contributed by atoms with Crippen LogP contribution in [0.1, 0.15) is 24.8 Å². The summed E-state index contributed by atoms with van der Waals surface area (Å²) in [6, 6.07) is 5.81. The molecule has 0 unspecified atom stereocenters. The quantitative estimate of drug-likeness (QED) is 0.596. The third kappa shape index (κ3) is 4.22. The van der Waals surface area contributed by atoms with Crippen molar-refractivity contribution in [3.8, 4) is 5.75 Å². The van der Waals surface area contributed by atoms with Crippen LogP contribution in [0.5, 0.6) is 5.75 Å². The highest BCUT2D eigenvalue weighted by Crippen LogP contribution is 2.21. The minimum absolute atomic E-state index is 0.761. The summed E-state index contributed by atoms with van der Waals surface area (Å²) in [6.07, 6.45) is 5.03. The van der Waals surface area contributed by atoms with E-state index in [0.717, 1.165) is 29.2 Å². The second-order valence-corrected chi connectivity index (χ2v) is 5.29. The maximum Gasteiger partial charge on any atom is 0.371 e. The van der Waals surface area contributed by atoms with Crippen molar-refractivity contribution in [3.63, 3.8) is 0 Å². The van der Waals surface area contributed by atoms with Gasteiger partial charge in [-0.2, -0.15) is 0 Å². The fraction of sp³-hybridized carbons (Fsp3) is 0.571. The third-order valence-corrected chi connectivity index (χ3v) is 3.78. The molecule has 0 atom stereocenters. The standard InChI is InChI=1S/C14H20BClNO/c1-12-5-6-13(11-14(12)16)18-15-7-10-17-8-3-2-4-9-17/h5-6,11H,2-4,7-10H2,1H3. The van der Waals surface area contributed by atoms with Crippen LogP contribution in [0.3, 0.4) is 0 Å². The second kappa shape index (κ2) is 7.05. The zero-order valence-electron chi connectivity index (χ0n) is 11.0. The Morgan fingerprint density at radius 3 is 2.78 bits per heavy atom. The first kappa shape index (κ1) is 13.8. The lowest BCUT2D eigenvalue weighted by atomic mass is 9.94. The Morgan fingerprint density at radius 2 is 2.06 bits per heavy atom. The van der Waals surface area contributed by atoms with Gasteiger partial charge in [0.05, 0.1) is 5.75 Å². The molecule has 4 heteroatoms. The lowest BCUT2D eigenvalue weighted by molar-refractivity contribution is 0.239. The number of halogens is 1. The average Bonchev–Trinajstić information content (AvgIpc) is 2.40. The second-order valence-electron chi connectivity index (χ2n) is 4.89. The number of nitrogens with zero attached hydrogens (tertiary/aromatic N) is 1. The molecular formula is C14H20BClNO. The van der Waals surface area contributed by atoms with Crippen molar-refractivity contribution in [1.29, 1.82) is 0 Å².